The molecule has 0 spiro atoms. The molecule has 0 saturated heterocycles. The summed E-state index contributed by atoms with van der Waals surface area (Å²) in [7, 11) is 0. The highest BCUT2D eigenvalue weighted by Crippen LogP contribution is 2.27. The number of rotatable bonds is 10. The van der Waals surface area contributed by atoms with Gasteiger partial charge in [0.05, 0.1) is 10.3 Å². The summed E-state index contributed by atoms with van der Waals surface area (Å²) in [5.41, 5.74) is 3.01. The van der Waals surface area contributed by atoms with Gasteiger partial charge in [0.15, 0.2) is 0 Å². The Bertz CT molecular complexity index is 1570. The van der Waals surface area contributed by atoms with Gasteiger partial charge in [0, 0.05) is 22.3 Å². The number of thioether (sulfide) groups is 1. The van der Waals surface area contributed by atoms with Gasteiger partial charge in [0.1, 0.15) is 11.5 Å². The Morgan fingerprint density at radius 1 is 0.857 bits per heavy atom. The van der Waals surface area contributed by atoms with Crippen molar-refractivity contribution in [1.82, 2.24) is 10.3 Å². The van der Waals surface area contributed by atoms with Crippen molar-refractivity contribution in [1.29, 1.82) is 0 Å². The second kappa shape index (κ2) is 14.5. The van der Waals surface area contributed by atoms with Crippen molar-refractivity contribution in [2.24, 2.45) is 0 Å². The number of halogens is 1. The highest BCUT2D eigenvalue weighted by atomic mass is 35.5. The Hall–Kier alpha value is -4.40. The molecule has 0 aliphatic carbocycles. The number of benzene rings is 3. The number of aromatic nitrogens is 1. The van der Waals surface area contributed by atoms with Crippen molar-refractivity contribution in [3.05, 3.63) is 125 Å². The number of pyridine rings is 1. The van der Waals surface area contributed by atoms with Crippen LogP contribution in [0, 0.1) is 0 Å². The highest BCUT2D eigenvalue weighted by molar-refractivity contribution is 8.00. The zero-order valence-corrected chi connectivity index (χ0v) is 25.0. The maximum absolute atomic E-state index is 13.4. The van der Waals surface area contributed by atoms with Gasteiger partial charge in [-0.1, -0.05) is 74.0 Å². The molecule has 0 fully saturated rings. The molecule has 9 heteroatoms. The van der Waals surface area contributed by atoms with Crippen LogP contribution in [0.25, 0.3) is 6.08 Å². The lowest BCUT2D eigenvalue weighted by Gasteiger charge is -2.14. The van der Waals surface area contributed by atoms with Crippen LogP contribution in [-0.2, 0) is 9.59 Å². The van der Waals surface area contributed by atoms with Crippen LogP contribution >= 0.6 is 23.4 Å². The number of anilines is 2. The number of nitrogens with one attached hydrogen (secondary N) is 3. The lowest BCUT2D eigenvalue weighted by Crippen LogP contribution is -2.30. The number of hydrogen-bond acceptors (Lipinski definition) is 5. The lowest BCUT2D eigenvalue weighted by molar-refractivity contribution is -0.115. The largest absolute Gasteiger partial charge is 0.321 e. The number of amides is 3. The monoisotopic (exact) mass is 598 g/mol. The average molecular weight is 599 g/mol. The van der Waals surface area contributed by atoms with E-state index < -0.39 is 17.1 Å². The molecule has 0 aliphatic rings. The van der Waals surface area contributed by atoms with Crippen LogP contribution in [-0.4, -0.2) is 28.0 Å². The summed E-state index contributed by atoms with van der Waals surface area (Å²) >= 11 is 7.20. The number of hydrogen-bond donors (Lipinski definition) is 3. The van der Waals surface area contributed by atoms with E-state index in [1.807, 2.05) is 36.4 Å². The fourth-order valence-corrected chi connectivity index (χ4v) is 4.91. The van der Waals surface area contributed by atoms with E-state index in [1.165, 1.54) is 23.5 Å². The molecule has 1 heterocycles. The van der Waals surface area contributed by atoms with Crippen LogP contribution in [0.4, 0.5) is 11.5 Å². The lowest BCUT2D eigenvalue weighted by atomic mass is 10.0. The van der Waals surface area contributed by atoms with Gasteiger partial charge in [-0.05, 0) is 72.5 Å². The molecular weight excluding hydrogens is 568 g/mol. The van der Waals surface area contributed by atoms with E-state index in [0.29, 0.717) is 28.0 Å². The minimum atomic E-state index is -0.478. The molecule has 214 valence electrons. The molecule has 0 aliphatic heterocycles. The molecule has 7 nitrogen and oxygen atoms in total. The molecule has 3 aromatic carbocycles. The Labute approximate surface area is 254 Å². The zero-order chi connectivity index (χ0) is 30.1. The van der Waals surface area contributed by atoms with E-state index in [1.54, 1.807) is 67.6 Å². The van der Waals surface area contributed by atoms with Crippen LogP contribution in [0.2, 0.25) is 5.02 Å². The quantitative estimate of drug-likeness (QED) is 0.131. The molecule has 1 aromatic heterocycles. The highest BCUT2D eigenvalue weighted by Gasteiger charge is 2.18. The van der Waals surface area contributed by atoms with Crippen molar-refractivity contribution in [3.8, 4) is 0 Å². The summed E-state index contributed by atoms with van der Waals surface area (Å²) in [5.74, 6) is -0.309. The van der Waals surface area contributed by atoms with Gasteiger partial charge in [-0.15, -0.1) is 11.8 Å². The SMILES string of the molecule is CC(Sc1cccc(NC(=O)/C(=C\c2ccc(C(C)C)cc2)NC(=O)c2ccccc2)c1)C(=O)Nc1ccc(Cl)cn1. The van der Waals surface area contributed by atoms with Crippen LogP contribution in [0.3, 0.4) is 0 Å². The normalized spacial score (nSPS) is 12.0. The van der Waals surface area contributed by atoms with Crippen molar-refractivity contribution in [2.75, 3.05) is 10.6 Å². The summed E-state index contributed by atoms with van der Waals surface area (Å²) in [6, 6.07) is 27.0. The smallest absolute Gasteiger partial charge is 0.272 e. The molecule has 3 amide bonds. The van der Waals surface area contributed by atoms with E-state index in [9.17, 15) is 14.4 Å². The summed E-state index contributed by atoms with van der Waals surface area (Å²) in [4.78, 5) is 44.0. The summed E-state index contributed by atoms with van der Waals surface area (Å²) < 4.78 is 0. The van der Waals surface area contributed by atoms with E-state index >= 15 is 0 Å². The van der Waals surface area contributed by atoms with Gasteiger partial charge in [-0.2, -0.15) is 0 Å². The fourth-order valence-electron chi connectivity index (χ4n) is 3.87. The Morgan fingerprint density at radius 2 is 1.60 bits per heavy atom. The summed E-state index contributed by atoms with van der Waals surface area (Å²) in [6.45, 7) is 6.01. The van der Waals surface area contributed by atoms with Crippen molar-refractivity contribution in [3.63, 3.8) is 0 Å². The fraction of sp³-hybridized carbons (Fsp3) is 0.152. The predicted octanol–water partition coefficient (Wildman–Crippen LogP) is 7.39. The molecule has 4 rings (SSSR count). The molecular formula is C33H31ClN4O3S. The van der Waals surface area contributed by atoms with Crippen molar-refractivity contribution < 1.29 is 14.4 Å². The third kappa shape index (κ3) is 8.80. The molecule has 3 N–H and O–H groups in total. The molecule has 0 bridgehead atoms. The average Bonchev–Trinajstić information content (AvgIpc) is 2.98. The van der Waals surface area contributed by atoms with Gasteiger partial charge < -0.3 is 16.0 Å². The molecule has 42 heavy (non-hydrogen) atoms. The van der Waals surface area contributed by atoms with Crippen LogP contribution in [0.5, 0.6) is 0 Å². The topological polar surface area (TPSA) is 100 Å². The van der Waals surface area contributed by atoms with E-state index in [4.69, 9.17) is 11.6 Å². The molecule has 1 unspecified atom stereocenters. The first-order valence-electron chi connectivity index (χ1n) is 13.4. The first kappa shape index (κ1) is 30.6. The number of carbonyl (C=O) groups excluding carboxylic acids is 3. The maximum Gasteiger partial charge on any atom is 0.272 e. The molecule has 0 saturated carbocycles. The predicted molar refractivity (Wildman–Crippen MR) is 171 cm³/mol. The number of nitrogens with zero attached hydrogens (tertiary/aromatic N) is 1. The second-order valence-corrected chi connectivity index (χ2v) is 11.6. The van der Waals surface area contributed by atoms with E-state index in [0.717, 1.165) is 10.5 Å². The van der Waals surface area contributed by atoms with E-state index in [2.05, 4.69) is 34.8 Å². The van der Waals surface area contributed by atoms with E-state index in [-0.39, 0.29) is 11.6 Å². The van der Waals surface area contributed by atoms with Gasteiger partial charge in [0.25, 0.3) is 11.8 Å². The third-order valence-electron chi connectivity index (χ3n) is 6.20. The minimum Gasteiger partial charge on any atom is -0.321 e. The minimum absolute atomic E-state index is 0.0995. The van der Waals surface area contributed by atoms with Crippen LogP contribution in [0.15, 0.2) is 108 Å². The molecule has 0 radical (unpaired) electrons. The zero-order valence-electron chi connectivity index (χ0n) is 23.4. The standard InChI is InChI=1S/C33H31ClN4O3S/c1-21(2)24-14-12-23(13-15-24)18-29(37-32(40)25-8-5-4-6-9-25)33(41)36-27-10-7-11-28(19-27)42-22(3)31(39)38-30-17-16-26(34)20-35-30/h4-22H,1-3H3,(H,36,41)(H,37,40)(H,35,38,39)/b29-18+. The maximum atomic E-state index is 13.4. The number of carbonyl (C=O) groups is 3. The van der Waals surface area contributed by atoms with Crippen molar-refractivity contribution in [2.45, 2.75) is 36.8 Å². The van der Waals surface area contributed by atoms with Gasteiger partial charge in [0.2, 0.25) is 5.91 Å². The second-order valence-electron chi connectivity index (χ2n) is 9.79. The Kier molecular flexibility index (Phi) is 10.5. The molecule has 1 atom stereocenters. The Morgan fingerprint density at radius 3 is 2.26 bits per heavy atom. The molecule has 4 aromatic rings. The van der Waals surface area contributed by atoms with Crippen molar-refractivity contribution >= 4 is 58.7 Å². The van der Waals surface area contributed by atoms with Gasteiger partial charge in [-0.25, -0.2) is 4.98 Å². The van der Waals surface area contributed by atoms with Gasteiger partial charge in [-0.3, -0.25) is 14.4 Å². The summed E-state index contributed by atoms with van der Waals surface area (Å²) in [5, 5.41) is 8.45. The first-order valence-corrected chi connectivity index (χ1v) is 14.6. The van der Waals surface area contributed by atoms with Crippen LogP contribution in [0.1, 0.15) is 48.2 Å². The summed E-state index contributed by atoms with van der Waals surface area (Å²) in [6.07, 6.45) is 3.11. The first-order chi connectivity index (χ1) is 20.2. The van der Waals surface area contributed by atoms with Gasteiger partial charge >= 0.3 is 0 Å². The van der Waals surface area contributed by atoms with Crippen LogP contribution < -0.4 is 16.0 Å². The Balaban J connectivity index is 1.49. The third-order valence-corrected chi connectivity index (χ3v) is 7.51.